The normalized spacial score (nSPS) is 16.2. The molecule has 0 unspecified atom stereocenters. The van der Waals surface area contributed by atoms with Gasteiger partial charge in [0.25, 0.3) is 5.91 Å². The van der Waals surface area contributed by atoms with Gasteiger partial charge in [0, 0.05) is 43.3 Å². The third-order valence-corrected chi connectivity index (χ3v) is 7.00. The maximum atomic E-state index is 13.4. The van der Waals surface area contributed by atoms with Crippen molar-refractivity contribution in [2.45, 2.75) is 30.7 Å². The van der Waals surface area contributed by atoms with Crippen molar-refractivity contribution in [2.75, 3.05) is 37.7 Å². The van der Waals surface area contributed by atoms with Crippen molar-refractivity contribution in [2.24, 2.45) is 0 Å². The van der Waals surface area contributed by atoms with E-state index in [0.717, 1.165) is 37.1 Å². The molecule has 0 atom stereocenters. The summed E-state index contributed by atoms with van der Waals surface area (Å²) in [5.74, 6) is -5.98. The molecular formula is C27H27F7N6O6. The number of H-pyrrole nitrogens is 1. The Labute approximate surface area is 255 Å². The lowest BCUT2D eigenvalue weighted by Gasteiger charge is -2.43. The van der Waals surface area contributed by atoms with E-state index in [1.807, 2.05) is 12.1 Å². The van der Waals surface area contributed by atoms with Crippen molar-refractivity contribution in [3.63, 3.8) is 0 Å². The highest BCUT2D eigenvalue weighted by Gasteiger charge is 2.50. The number of carbonyl (C=O) groups excluding carboxylic acids is 2. The Bertz CT molecular complexity index is 1520. The highest BCUT2D eigenvalue weighted by Crippen LogP contribution is 2.35. The number of aromatic amines is 1. The molecule has 5 rings (SSSR count). The number of carboxylic acids is 2. The molecule has 5 N–H and O–H groups in total. The van der Waals surface area contributed by atoms with Gasteiger partial charge < -0.3 is 35.6 Å². The largest absolute Gasteiger partial charge is 0.490 e. The molecule has 2 amide bonds. The fourth-order valence-electron chi connectivity index (χ4n) is 4.73. The Morgan fingerprint density at radius 3 is 2.13 bits per heavy atom. The summed E-state index contributed by atoms with van der Waals surface area (Å²) in [7, 11) is 0. The van der Waals surface area contributed by atoms with Crippen molar-refractivity contribution < 1.29 is 60.1 Å². The van der Waals surface area contributed by atoms with Crippen LogP contribution in [0.4, 0.5) is 36.4 Å². The number of pyridine rings is 1. The molecule has 12 nitrogen and oxygen atoms in total. The number of halogens is 7. The van der Waals surface area contributed by atoms with E-state index in [2.05, 4.69) is 30.4 Å². The van der Waals surface area contributed by atoms with Crippen LogP contribution in [0.1, 0.15) is 23.3 Å². The second-order valence-corrected chi connectivity index (χ2v) is 9.95. The number of nitrogens with zero attached hydrogens (tertiary/aromatic N) is 3. The summed E-state index contributed by atoms with van der Waals surface area (Å²) in [6.07, 6.45) is -5.21. The third-order valence-electron chi connectivity index (χ3n) is 7.00. The van der Waals surface area contributed by atoms with Crippen LogP contribution in [0.2, 0.25) is 0 Å². The van der Waals surface area contributed by atoms with Crippen LogP contribution in [0, 0.1) is 5.82 Å². The Morgan fingerprint density at radius 1 is 0.978 bits per heavy atom. The van der Waals surface area contributed by atoms with Gasteiger partial charge in [0.1, 0.15) is 17.1 Å². The number of likely N-dealkylation sites (tertiary alicyclic amines) is 1. The van der Waals surface area contributed by atoms with E-state index in [0.29, 0.717) is 30.8 Å². The number of anilines is 1. The Hall–Kier alpha value is -4.94. The average molecular weight is 665 g/mol. The second kappa shape index (κ2) is 14.4. The van der Waals surface area contributed by atoms with Gasteiger partial charge in [0.15, 0.2) is 0 Å². The Balaban J connectivity index is 0.000000345. The van der Waals surface area contributed by atoms with E-state index in [1.54, 1.807) is 24.5 Å². The standard InChI is InChI=1S/C23H25FN6O2.2C2HF3O2/c24-17-3-4-19-16(12-17)13-20(28-19)21(31)26-8-11-29-9-5-23(6-10-29)22(32)27-15-30(23)18-2-1-7-25-14-18;2*3-2(4,5)1(6)7/h1-4,7,12-14,28H,5-6,8-11,15H2,(H,26,31)(H,27,32);2*(H,6,7). The number of hydrogen-bond acceptors (Lipinski definition) is 7. The molecule has 0 aliphatic carbocycles. The van der Waals surface area contributed by atoms with Crippen LogP contribution in [0.5, 0.6) is 0 Å². The van der Waals surface area contributed by atoms with E-state index < -0.39 is 29.8 Å². The predicted molar refractivity (Wildman–Crippen MR) is 146 cm³/mol. The zero-order valence-electron chi connectivity index (χ0n) is 23.6. The van der Waals surface area contributed by atoms with Gasteiger partial charge in [-0.15, -0.1) is 0 Å². The first-order valence-electron chi connectivity index (χ1n) is 13.3. The summed E-state index contributed by atoms with van der Waals surface area (Å²) in [6, 6.07) is 9.91. The molecule has 2 aliphatic rings. The Kier molecular flexibility index (Phi) is 11.2. The Morgan fingerprint density at radius 2 is 1.59 bits per heavy atom. The summed E-state index contributed by atoms with van der Waals surface area (Å²) in [4.78, 5) is 54.6. The van der Waals surface area contributed by atoms with Crippen molar-refractivity contribution >= 4 is 40.3 Å². The lowest BCUT2D eigenvalue weighted by molar-refractivity contribution is -0.193. The number of aliphatic carboxylic acids is 2. The zero-order chi connectivity index (χ0) is 34.3. The molecule has 0 radical (unpaired) electrons. The molecule has 19 heteroatoms. The van der Waals surface area contributed by atoms with Crippen LogP contribution in [0.25, 0.3) is 10.9 Å². The van der Waals surface area contributed by atoms with E-state index in [-0.39, 0.29) is 17.6 Å². The zero-order valence-corrected chi connectivity index (χ0v) is 23.6. The fraction of sp³-hybridized carbons (Fsp3) is 0.370. The molecule has 2 saturated heterocycles. The number of aromatic nitrogens is 2. The molecule has 46 heavy (non-hydrogen) atoms. The SMILES string of the molecule is O=C(NCCN1CCC2(CC1)C(=O)NCN2c1cccnc1)c1cc2cc(F)ccc2[nH]1.O=C(O)C(F)(F)F.O=C(O)C(F)(F)F. The van der Waals surface area contributed by atoms with Crippen molar-refractivity contribution in [3.05, 3.63) is 60.3 Å². The maximum Gasteiger partial charge on any atom is 0.490 e. The number of amides is 2. The van der Waals surface area contributed by atoms with E-state index in [4.69, 9.17) is 19.8 Å². The van der Waals surface area contributed by atoms with E-state index in [9.17, 15) is 40.3 Å². The molecule has 1 aromatic carbocycles. The molecule has 0 bridgehead atoms. The third kappa shape index (κ3) is 9.05. The minimum Gasteiger partial charge on any atom is -0.475 e. The van der Waals surface area contributed by atoms with Gasteiger partial charge in [-0.05, 0) is 49.2 Å². The first-order valence-corrected chi connectivity index (χ1v) is 13.3. The second-order valence-electron chi connectivity index (χ2n) is 9.95. The molecular weight excluding hydrogens is 637 g/mol. The monoisotopic (exact) mass is 664 g/mol. The summed E-state index contributed by atoms with van der Waals surface area (Å²) in [5, 5.41) is 20.8. The summed E-state index contributed by atoms with van der Waals surface area (Å²) in [6.45, 7) is 3.23. The van der Waals surface area contributed by atoms with E-state index >= 15 is 0 Å². The number of fused-ring (bicyclic) bond motifs is 1. The number of carboxylic acid groups (broad SMARTS) is 2. The first-order chi connectivity index (χ1) is 21.4. The average Bonchev–Trinajstić information content (AvgIpc) is 3.55. The number of alkyl halides is 6. The first kappa shape index (κ1) is 35.5. The summed E-state index contributed by atoms with van der Waals surface area (Å²) >= 11 is 0. The number of carbonyl (C=O) groups is 4. The number of rotatable bonds is 5. The van der Waals surface area contributed by atoms with Crippen LogP contribution in [-0.2, 0) is 14.4 Å². The van der Waals surface area contributed by atoms with Crippen LogP contribution in [0.3, 0.4) is 0 Å². The van der Waals surface area contributed by atoms with Gasteiger partial charge in [-0.25, -0.2) is 14.0 Å². The molecule has 1 spiro atoms. The number of benzene rings is 1. The van der Waals surface area contributed by atoms with Crippen molar-refractivity contribution in [3.8, 4) is 0 Å². The van der Waals surface area contributed by atoms with Crippen LogP contribution in [-0.4, -0.2) is 99.6 Å². The minimum atomic E-state index is -5.08. The number of hydrogen-bond donors (Lipinski definition) is 5. The molecule has 2 fully saturated rings. The van der Waals surface area contributed by atoms with Crippen LogP contribution < -0.4 is 15.5 Å². The fourth-order valence-corrected chi connectivity index (χ4v) is 4.73. The van der Waals surface area contributed by atoms with Gasteiger partial charge >= 0.3 is 24.3 Å². The highest BCUT2D eigenvalue weighted by molar-refractivity contribution is 5.98. The molecule has 2 aliphatic heterocycles. The lowest BCUT2D eigenvalue weighted by Crippen LogP contribution is -2.57. The molecule has 0 saturated carbocycles. The lowest BCUT2D eigenvalue weighted by atomic mass is 9.85. The smallest absolute Gasteiger partial charge is 0.475 e. The maximum absolute atomic E-state index is 13.4. The number of piperidine rings is 1. The quantitative estimate of drug-likeness (QED) is 0.258. The molecule has 2 aromatic heterocycles. The van der Waals surface area contributed by atoms with Gasteiger partial charge in [-0.2, -0.15) is 26.3 Å². The molecule has 3 aromatic rings. The summed E-state index contributed by atoms with van der Waals surface area (Å²) < 4.78 is 76.8. The van der Waals surface area contributed by atoms with Crippen LogP contribution in [0.15, 0.2) is 48.8 Å². The van der Waals surface area contributed by atoms with Gasteiger partial charge in [-0.1, -0.05) is 0 Å². The predicted octanol–water partition coefficient (Wildman–Crippen LogP) is 3.13. The molecule has 250 valence electrons. The van der Waals surface area contributed by atoms with E-state index in [1.165, 1.54) is 12.1 Å². The topological polar surface area (TPSA) is 168 Å². The highest BCUT2D eigenvalue weighted by atomic mass is 19.4. The summed E-state index contributed by atoms with van der Waals surface area (Å²) in [5.41, 5.74) is 1.55. The van der Waals surface area contributed by atoms with Gasteiger partial charge in [-0.3, -0.25) is 14.6 Å². The van der Waals surface area contributed by atoms with Crippen molar-refractivity contribution in [1.29, 1.82) is 0 Å². The van der Waals surface area contributed by atoms with Gasteiger partial charge in [0.05, 0.1) is 18.6 Å². The number of nitrogens with one attached hydrogen (secondary N) is 3. The van der Waals surface area contributed by atoms with Gasteiger partial charge in [0.2, 0.25) is 5.91 Å². The minimum absolute atomic E-state index is 0.0737. The van der Waals surface area contributed by atoms with Crippen molar-refractivity contribution in [1.82, 2.24) is 25.5 Å². The molecule has 4 heterocycles. The van der Waals surface area contributed by atoms with Crippen LogP contribution >= 0.6 is 0 Å².